The number of carboxylic acid groups (broad SMARTS) is 1. The molecule has 0 radical (unpaired) electrons. The van der Waals surface area contributed by atoms with Gasteiger partial charge >= 0.3 is 5.97 Å². The van der Waals surface area contributed by atoms with Crippen LogP contribution in [0.5, 0.6) is 0 Å². The van der Waals surface area contributed by atoms with E-state index in [1.807, 2.05) is 32.1 Å². The first-order chi connectivity index (χ1) is 10.9. The summed E-state index contributed by atoms with van der Waals surface area (Å²) in [4.78, 5) is 11.1. The summed E-state index contributed by atoms with van der Waals surface area (Å²) < 4.78 is 16.3. The maximum Gasteiger partial charge on any atom is 0.307 e. The molecular weight excluding hydrogens is 381 g/mol. The molecule has 0 saturated carbocycles. The fourth-order valence-electron chi connectivity index (χ4n) is 2.33. The first kappa shape index (κ1) is 17.8. The SMILES string of the molecule is C/C=C(Br)\C=C/CSc1c(C)c(CC(=O)O)c2ccc(F)cn12. The van der Waals surface area contributed by atoms with Crippen LogP contribution in [0.1, 0.15) is 18.1 Å². The zero-order chi connectivity index (χ0) is 17.0. The van der Waals surface area contributed by atoms with Gasteiger partial charge in [-0.3, -0.25) is 4.79 Å². The third-order valence-electron chi connectivity index (χ3n) is 3.41. The van der Waals surface area contributed by atoms with E-state index in [1.54, 1.807) is 22.2 Å². The predicted octanol–water partition coefficient (Wildman–Crippen LogP) is 4.96. The van der Waals surface area contributed by atoms with Gasteiger partial charge in [0.25, 0.3) is 0 Å². The third-order valence-corrected chi connectivity index (χ3v) is 5.27. The minimum Gasteiger partial charge on any atom is -0.481 e. The summed E-state index contributed by atoms with van der Waals surface area (Å²) >= 11 is 4.96. The Morgan fingerprint density at radius 2 is 2.22 bits per heavy atom. The number of allylic oxidation sites excluding steroid dienone is 3. The molecule has 2 heterocycles. The van der Waals surface area contributed by atoms with Gasteiger partial charge in [0.15, 0.2) is 0 Å². The number of rotatable bonds is 6. The highest BCUT2D eigenvalue weighted by atomic mass is 79.9. The van der Waals surface area contributed by atoms with Crippen LogP contribution < -0.4 is 0 Å². The second-order valence-corrected chi connectivity index (χ2v) is 6.89. The number of fused-ring (bicyclic) bond motifs is 1. The highest BCUT2D eigenvalue weighted by molar-refractivity contribution is 9.11. The van der Waals surface area contributed by atoms with Crippen molar-refractivity contribution in [3.05, 3.63) is 58.0 Å². The van der Waals surface area contributed by atoms with Crippen LogP contribution in [0.25, 0.3) is 5.52 Å². The van der Waals surface area contributed by atoms with Crippen LogP contribution in [0, 0.1) is 12.7 Å². The summed E-state index contributed by atoms with van der Waals surface area (Å²) in [5.74, 6) is -0.527. The summed E-state index contributed by atoms with van der Waals surface area (Å²) in [5, 5.41) is 9.98. The second-order valence-electron chi connectivity index (χ2n) is 4.97. The average Bonchev–Trinajstić information content (AvgIpc) is 2.75. The maximum atomic E-state index is 13.6. The van der Waals surface area contributed by atoms with Gasteiger partial charge < -0.3 is 9.51 Å². The molecule has 0 fully saturated rings. The standard InChI is InChI=1S/C17H17BrFNO2S/c1-3-12(18)5-4-8-23-17-11(2)14(9-16(21)22)15-7-6-13(19)10-20(15)17/h3-7,10H,8-9H2,1-2H3,(H,21,22)/b5-4-,12-3+. The first-order valence-electron chi connectivity index (χ1n) is 7.06. The molecule has 0 amide bonds. The monoisotopic (exact) mass is 397 g/mol. The maximum absolute atomic E-state index is 13.6. The van der Waals surface area contributed by atoms with E-state index in [1.165, 1.54) is 12.3 Å². The van der Waals surface area contributed by atoms with E-state index in [4.69, 9.17) is 5.11 Å². The fourth-order valence-corrected chi connectivity index (χ4v) is 3.49. The molecular formula is C17H17BrFNO2S. The number of pyridine rings is 1. The van der Waals surface area contributed by atoms with Crippen LogP contribution >= 0.6 is 27.7 Å². The van der Waals surface area contributed by atoms with Gasteiger partial charge in [0.05, 0.1) is 17.0 Å². The zero-order valence-electron chi connectivity index (χ0n) is 12.8. The smallest absolute Gasteiger partial charge is 0.307 e. The minimum atomic E-state index is -0.890. The molecule has 0 bridgehead atoms. The molecule has 122 valence electrons. The van der Waals surface area contributed by atoms with Crippen molar-refractivity contribution in [3.63, 3.8) is 0 Å². The summed E-state index contributed by atoms with van der Waals surface area (Å²) in [6, 6.07) is 2.99. The molecule has 2 aromatic rings. The molecule has 0 aliphatic carbocycles. The van der Waals surface area contributed by atoms with Gasteiger partial charge in [-0.1, -0.05) is 34.2 Å². The molecule has 0 saturated heterocycles. The fraction of sp³-hybridized carbons (Fsp3) is 0.235. The molecule has 2 aromatic heterocycles. The van der Waals surface area contributed by atoms with E-state index in [2.05, 4.69) is 15.9 Å². The van der Waals surface area contributed by atoms with Gasteiger partial charge in [0.1, 0.15) is 5.82 Å². The second kappa shape index (κ2) is 7.84. The number of carbonyl (C=O) groups is 1. The van der Waals surface area contributed by atoms with Crippen molar-refractivity contribution in [3.8, 4) is 0 Å². The molecule has 6 heteroatoms. The molecule has 0 spiro atoms. The molecule has 23 heavy (non-hydrogen) atoms. The Labute approximate surface area is 147 Å². The number of carboxylic acids is 1. The van der Waals surface area contributed by atoms with E-state index < -0.39 is 5.97 Å². The highest BCUT2D eigenvalue weighted by Crippen LogP contribution is 2.31. The van der Waals surface area contributed by atoms with Crippen LogP contribution in [0.2, 0.25) is 0 Å². The van der Waals surface area contributed by atoms with Gasteiger partial charge in [0, 0.05) is 16.4 Å². The minimum absolute atomic E-state index is 0.0680. The lowest BCUT2D eigenvalue weighted by atomic mass is 10.1. The largest absolute Gasteiger partial charge is 0.481 e. The Bertz CT molecular complexity index is 795. The lowest BCUT2D eigenvalue weighted by molar-refractivity contribution is -0.136. The average molecular weight is 398 g/mol. The Balaban J connectivity index is 2.38. The van der Waals surface area contributed by atoms with Crippen molar-refractivity contribution in [1.29, 1.82) is 0 Å². The summed E-state index contributed by atoms with van der Waals surface area (Å²) in [7, 11) is 0. The number of aromatic nitrogens is 1. The van der Waals surface area contributed by atoms with Gasteiger partial charge in [-0.15, -0.1) is 11.8 Å². The molecule has 3 nitrogen and oxygen atoms in total. The van der Waals surface area contributed by atoms with Crippen molar-refractivity contribution in [2.24, 2.45) is 0 Å². The van der Waals surface area contributed by atoms with E-state index in [0.717, 1.165) is 26.2 Å². The number of aliphatic carboxylic acids is 1. The quantitative estimate of drug-likeness (QED) is 0.553. The van der Waals surface area contributed by atoms with Crippen molar-refractivity contribution in [2.75, 3.05) is 5.75 Å². The third kappa shape index (κ3) is 4.26. The van der Waals surface area contributed by atoms with Crippen LogP contribution in [0.4, 0.5) is 4.39 Å². The van der Waals surface area contributed by atoms with Gasteiger partial charge in [-0.2, -0.15) is 0 Å². The summed E-state index contributed by atoms with van der Waals surface area (Å²) in [5.41, 5.74) is 2.37. The van der Waals surface area contributed by atoms with Crippen LogP contribution in [-0.4, -0.2) is 21.2 Å². The van der Waals surface area contributed by atoms with Crippen LogP contribution in [0.15, 0.2) is 46.1 Å². The molecule has 2 rings (SSSR count). The zero-order valence-corrected chi connectivity index (χ0v) is 15.2. The van der Waals surface area contributed by atoms with E-state index in [0.29, 0.717) is 5.75 Å². The Kier molecular flexibility index (Phi) is 6.07. The number of halogens is 2. The summed E-state index contributed by atoms with van der Waals surface area (Å²) in [6.45, 7) is 3.82. The van der Waals surface area contributed by atoms with E-state index >= 15 is 0 Å². The molecule has 0 aromatic carbocycles. The molecule has 0 unspecified atom stereocenters. The number of nitrogens with zero attached hydrogens (tertiary/aromatic N) is 1. The van der Waals surface area contributed by atoms with Crippen molar-refractivity contribution in [1.82, 2.24) is 4.40 Å². The Hall–Kier alpha value is -1.53. The molecule has 0 aliphatic heterocycles. The molecule has 0 atom stereocenters. The van der Waals surface area contributed by atoms with E-state index in [-0.39, 0.29) is 12.2 Å². The summed E-state index contributed by atoms with van der Waals surface area (Å²) in [6.07, 6.45) is 7.24. The normalized spacial score (nSPS) is 12.4. The molecule has 1 N–H and O–H groups in total. The Morgan fingerprint density at radius 3 is 2.87 bits per heavy atom. The Morgan fingerprint density at radius 1 is 1.48 bits per heavy atom. The van der Waals surface area contributed by atoms with Crippen molar-refractivity contribution < 1.29 is 14.3 Å². The lowest BCUT2D eigenvalue weighted by Crippen LogP contribution is -2.00. The number of thioether (sulfide) groups is 1. The van der Waals surface area contributed by atoms with Gasteiger partial charge in [-0.25, -0.2) is 4.39 Å². The lowest BCUT2D eigenvalue weighted by Gasteiger charge is -2.02. The van der Waals surface area contributed by atoms with Gasteiger partial charge in [0.2, 0.25) is 0 Å². The first-order valence-corrected chi connectivity index (χ1v) is 8.84. The van der Waals surface area contributed by atoms with Crippen molar-refractivity contribution >= 4 is 39.2 Å². The molecule has 0 aliphatic rings. The van der Waals surface area contributed by atoms with Crippen LogP contribution in [0.3, 0.4) is 0 Å². The topological polar surface area (TPSA) is 41.7 Å². The van der Waals surface area contributed by atoms with E-state index in [9.17, 15) is 9.18 Å². The number of hydrogen-bond donors (Lipinski definition) is 1. The van der Waals surface area contributed by atoms with Crippen LogP contribution in [-0.2, 0) is 11.2 Å². The van der Waals surface area contributed by atoms with Crippen molar-refractivity contribution in [2.45, 2.75) is 25.3 Å². The predicted molar refractivity (Wildman–Crippen MR) is 96.0 cm³/mol. The van der Waals surface area contributed by atoms with Gasteiger partial charge in [-0.05, 0) is 37.1 Å². The number of hydrogen-bond acceptors (Lipinski definition) is 2. The highest BCUT2D eigenvalue weighted by Gasteiger charge is 2.17.